The molecular formula is C11H14N4O3S. The Morgan fingerprint density at radius 3 is 3.11 bits per heavy atom. The first-order valence-corrected chi connectivity index (χ1v) is 6.87. The zero-order valence-electron chi connectivity index (χ0n) is 10.4. The van der Waals surface area contributed by atoms with Crippen LogP contribution in [0.1, 0.15) is 11.5 Å². The SMILES string of the molecule is Cc1nccc(CNC(=O)N2CSC[C@H]2C(=O)O)n1. The summed E-state index contributed by atoms with van der Waals surface area (Å²) in [6, 6.07) is 0.575. The van der Waals surface area contributed by atoms with E-state index in [4.69, 9.17) is 5.11 Å². The predicted molar refractivity (Wildman–Crippen MR) is 69.6 cm³/mol. The second-order valence-corrected chi connectivity index (χ2v) is 5.08. The number of carboxylic acids is 1. The average molecular weight is 282 g/mol. The number of amides is 2. The van der Waals surface area contributed by atoms with Crippen molar-refractivity contribution in [2.45, 2.75) is 19.5 Å². The summed E-state index contributed by atoms with van der Waals surface area (Å²) in [6.07, 6.45) is 1.62. The summed E-state index contributed by atoms with van der Waals surface area (Å²) >= 11 is 1.43. The zero-order valence-corrected chi connectivity index (χ0v) is 11.2. The highest BCUT2D eigenvalue weighted by Crippen LogP contribution is 2.20. The van der Waals surface area contributed by atoms with Crippen molar-refractivity contribution in [1.82, 2.24) is 20.2 Å². The Kier molecular flexibility index (Phi) is 4.20. The van der Waals surface area contributed by atoms with Crippen LogP contribution in [0.4, 0.5) is 4.79 Å². The fourth-order valence-corrected chi connectivity index (χ4v) is 2.86. The van der Waals surface area contributed by atoms with Crippen LogP contribution in [0.2, 0.25) is 0 Å². The number of carboxylic acid groups (broad SMARTS) is 1. The molecule has 1 fully saturated rings. The van der Waals surface area contributed by atoms with E-state index in [1.54, 1.807) is 19.2 Å². The molecule has 8 heteroatoms. The van der Waals surface area contributed by atoms with Crippen LogP contribution in [-0.2, 0) is 11.3 Å². The number of aliphatic carboxylic acids is 1. The Morgan fingerprint density at radius 2 is 2.42 bits per heavy atom. The lowest BCUT2D eigenvalue weighted by Gasteiger charge is -2.20. The molecule has 2 amide bonds. The van der Waals surface area contributed by atoms with Crippen LogP contribution < -0.4 is 5.32 Å². The van der Waals surface area contributed by atoms with Gasteiger partial charge in [-0.1, -0.05) is 0 Å². The van der Waals surface area contributed by atoms with E-state index in [2.05, 4.69) is 15.3 Å². The van der Waals surface area contributed by atoms with Crippen molar-refractivity contribution in [3.8, 4) is 0 Å². The molecule has 1 aliphatic heterocycles. The van der Waals surface area contributed by atoms with Crippen molar-refractivity contribution in [2.24, 2.45) is 0 Å². The Labute approximate surface area is 114 Å². The van der Waals surface area contributed by atoms with Gasteiger partial charge in [0.15, 0.2) is 0 Å². The van der Waals surface area contributed by atoms with E-state index in [-0.39, 0.29) is 12.6 Å². The molecule has 1 aliphatic rings. The summed E-state index contributed by atoms with van der Waals surface area (Å²) in [7, 11) is 0. The number of hydrogen-bond donors (Lipinski definition) is 2. The summed E-state index contributed by atoms with van der Waals surface area (Å²) in [6.45, 7) is 2.03. The maximum atomic E-state index is 11.9. The van der Waals surface area contributed by atoms with Crippen LogP contribution in [0.3, 0.4) is 0 Å². The summed E-state index contributed by atoms with van der Waals surface area (Å²) in [4.78, 5) is 32.3. The molecule has 7 nitrogen and oxygen atoms in total. The normalized spacial score (nSPS) is 18.4. The average Bonchev–Trinajstić information content (AvgIpc) is 2.85. The van der Waals surface area contributed by atoms with E-state index in [9.17, 15) is 9.59 Å². The van der Waals surface area contributed by atoms with Crippen LogP contribution in [0.15, 0.2) is 12.3 Å². The van der Waals surface area contributed by atoms with Crippen LogP contribution in [0.5, 0.6) is 0 Å². The number of rotatable bonds is 3. The van der Waals surface area contributed by atoms with Gasteiger partial charge in [0.2, 0.25) is 0 Å². The molecule has 0 aliphatic carbocycles. The highest BCUT2D eigenvalue weighted by molar-refractivity contribution is 7.99. The standard InChI is InChI=1S/C11H14N4O3S/c1-7-12-3-2-8(14-7)4-13-11(18)15-6-19-5-9(15)10(16)17/h2-3,9H,4-6H2,1H3,(H,13,18)(H,16,17)/t9-/m0/s1. The third kappa shape index (κ3) is 3.34. The molecule has 0 saturated carbocycles. The van der Waals surface area contributed by atoms with E-state index in [0.29, 0.717) is 23.1 Å². The van der Waals surface area contributed by atoms with Crippen LogP contribution in [0.25, 0.3) is 0 Å². The van der Waals surface area contributed by atoms with E-state index in [1.165, 1.54) is 16.7 Å². The summed E-state index contributed by atoms with van der Waals surface area (Å²) in [5.74, 6) is 0.478. The van der Waals surface area contributed by atoms with Crippen molar-refractivity contribution < 1.29 is 14.7 Å². The van der Waals surface area contributed by atoms with Crippen molar-refractivity contribution in [1.29, 1.82) is 0 Å². The van der Waals surface area contributed by atoms with Crippen molar-refractivity contribution >= 4 is 23.8 Å². The Balaban J connectivity index is 1.92. The molecule has 19 heavy (non-hydrogen) atoms. The number of hydrogen-bond acceptors (Lipinski definition) is 5. The first-order valence-electron chi connectivity index (χ1n) is 5.71. The Bertz CT molecular complexity index is 497. The van der Waals surface area contributed by atoms with Gasteiger partial charge in [0.05, 0.1) is 18.1 Å². The largest absolute Gasteiger partial charge is 0.480 e. The molecule has 1 aromatic rings. The van der Waals surface area contributed by atoms with Gasteiger partial charge >= 0.3 is 12.0 Å². The third-order valence-corrected chi connectivity index (χ3v) is 3.69. The van der Waals surface area contributed by atoms with Gasteiger partial charge in [-0.05, 0) is 13.0 Å². The fraction of sp³-hybridized carbons (Fsp3) is 0.455. The minimum absolute atomic E-state index is 0.260. The van der Waals surface area contributed by atoms with E-state index in [1.807, 2.05) is 0 Å². The lowest BCUT2D eigenvalue weighted by atomic mass is 10.3. The van der Waals surface area contributed by atoms with E-state index in [0.717, 1.165) is 0 Å². The highest BCUT2D eigenvalue weighted by Gasteiger charge is 2.34. The lowest BCUT2D eigenvalue weighted by molar-refractivity contribution is -0.140. The topological polar surface area (TPSA) is 95.4 Å². The van der Waals surface area contributed by atoms with Gasteiger partial charge in [0.25, 0.3) is 0 Å². The van der Waals surface area contributed by atoms with E-state index >= 15 is 0 Å². The summed E-state index contributed by atoms with van der Waals surface area (Å²) < 4.78 is 0. The molecule has 1 saturated heterocycles. The maximum absolute atomic E-state index is 11.9. The second-order valence-electron chi connectivity index (χ2n) is 4.08. The first-order chi connectivity index (χ1) is 9.08. The van der Waals surface area contributed by atoms with Gasteiger partial charge in [-0.25, -0.2) is 19.6 Å². The number of urea groups is 1. The van der Waals surface area contributed by atoms with Crippen molar-refractivity contribution in [2.75, 3.05) is 11.6 Å². The van der Waals surface area contributed by atoms with E-state index < -0.39 is 12.0 Å². The lowest BCUT2D eigenvalue weighted by Crippen LogP contribution is -2.46. The Morgan fingerprint density at radius 1 is 1.63 bits per heavy atom. The molecule has 2 rings (SSSR count). The highest BCUT2D eigenvalue weighted by atomic mass is 32.2. The maximum Gasteiger partial charge on any atom is 0.327 e. The second kappa shape index (κ2) is 5.87. The molecule has 0 radical (unpaired) electrons. The van der Waals surface area contributed by atoms with Gasteiger partial charge in [0, 0.05) is 11.9 Å². The molecule has 1 aromatic heterocycles. The Hall–Kier alpha value is -1.83. The van der Waals surface area contributed by atoms with Crippen molar-refractivity contribution in [3.05, 3.63) is 23.8 Å². The molecule has 0 unspecified atom stereocenters. The first kappa shape index (κ1) is 13.6. The van der Waals surface area contributed by atoms with Gasteiger partial charge in [-0.3, -0.25) is 0 Å². The molecule has 2 heterocycles. The number of aryl methyl sites for hydroxylation is 1. The molecule has 102 valence electrons. The number of nitrogens with zero attached hydrogens (tertiary/aromatic N) is 3. The van der Waals surface area contributed by atoms with Gasteiger partial charge in [-0.15, -0.1) is 11.8 Å². The van der Waals surface area contributed by atoms with Gasteiger partial charge in [-0.2, -0.15) is 0 Å². The fourth-order valence-electron chi connectivity index (χ4n) is 1.72. The van der Waals surface area contributed by atoms with Crippen LogP contribution in [0, 0.1) is 6.92 Å². The van der Waals surface area contributed by atoms with Crippen LogP contribution >= 0.6 is 11.8 Å². The summed E-state index contributed by atoms with van der Waals surface area (Å²) in [5.41, 5.74) is 0.694. The molecular weight excluding hydrogens is 268 g/mol. The molecule has 0 spiro atoms. The predicted octanol–water partition coefficient (Wildman–Crippen LogP) is 0.454. The zero-order chi connectivity index (χ0) is 13.8. The van der Waals surface area contributed by atoms with Gasteiger partial charge < -0.3 is 15.3 Å². The molecule has 0 bridgehead atoms. The summed E-state index contributed by atoms with van der Waals surface area (Å²) in [5, 5.41) is 11.7. The number of carbonyl (C=O) groups is 2. The molecule has 1 atom stereocenters. The van der Waals surface area contributed by atoms with Gasteiger partial charge in [0.1, 0.15) is 11.9 Å². The third-order valence-electron chi connectivity index (χ3n) is 2.68. The number of nitrogens with one attached hydrogen (secondary N) is 1. The van der Waals surface area contributed by atoms with Crippen molar-refractivity contribution in [3.63, 3.8) is 0 Å². The van der Waals surface area contributed by atoms with Crippen LogP contribution in [-0.4, -0.2) is 49.6 Å². The quantitative estimate of drug-likeness (QED) is 0.836. The molecule has 2 N–H and O–H groups in total. The minimum Gasteiger partial charge on any atom is -0.480 e. The smallest absolute Gasteiger partial charge is 0.327 e. The monoisotopic (exact) mass is 282 g/mol. The number of thioether (sulfide) groups is 1. The number of carbonyl (C=O) groups excluding carboxylic acids is 1. The molecule has 0 aromatic carbocycles. The minimum atomic E-state index is -0.974. The number of aromatic nitrogens is 2.